The van der Waals surface area contributed by atoms with Gasteiger partial charge >= 0.3 is 0 Å². The Bertz CT molecular complexity index is 323. The molecular formula is C15H24N2O. The molecule has 3 nitrogen and oxygen atoms in total. The van der Waals surface area contributed by atoms with E-state index in [0.717, 1.165) is 32.8 Å². The van der Waals surface area contributed by atoms with Crippen LogP contribution in [-0.2, 0) is 4.74 Å². The Morgan fingerprint density at radius 3 is 2.83 bits per heavy atom. The maximum absolute atomic E-state index is 5.59. The Balaban J connectivity index is 1.67. The van der Waals surface area contributed by atoms with Gasteiger partial charge in [-0.05, 0) is 31.9 Å². The van der Waals surface area contributed by atoms with Crippen molar-refractivity contribution in [3.05, 3.63) is 30.3 Å². The second-order valence-corrected chi connectivity index (χ2v) is 4.75. The molecule has 1 N–H and O–H groups in total. The normalized spacial score (nSPS) is 19.1. The molecule has 0 spiro atoms. The van der Waals surface area contributed by atoms with Crippen molar-refractivity contribution in [2.24, 2.45) is 0 Å². The highest BCUT2D eigenvalue weighted by Crippen LogP contribution is 2.12. The quantitative estimate of drug-likeness (QED) is 0.749. The fourth-order valence-corrected chi connectivity index (χ4v) is 2.39. The number of hydrogen-bond acceptors (Lipinski definition) is 3. The minimum atomic E-state index is 0.441. The number of para-hydroxylation sites is 1. The van der Waals surface area contributed by atoms with Gasteiger partial charge in [0.05, 0.1) is 6.10 Å². The van der Waals surface area contributed by atoms with Crippen molar-refractivity contribution in [2.45, 2.75) is 25.9 Å². The summed E-state index contributed by atoms with van der Waals surface area (Å²) in [6.07, 6.45) is 2.87. The Kier molecular flexibility index (Phi) is 5.49. The lowest BCUT2D eigenvalue weighted by atomic mass is 10.2. The zero-order chi connectivity index (χ0) is 12.6. The molecule has 2 rings (SSSR count). The minimum Gasteiger partial charge on any atom is -0.377 e. The van der Waals surface area contributed by atoms with Gasteiger partial charge in [0.2, 0.25) is 0 Å². The predicted molar refractivity (Wildman–Crippen MR) is 76.2 cm³/mol. The largest absolute Gasteiger partial charge is 0.377 e. The van der Waals surface area contributed by atoms with Gasteiger partial charge in [-0.15, -0.1) is 0 Å². The smallest absolute Gasteiger partial charge is 0.0700 e. The summed E-state index contributed by atoms with van der Waals surface area (Å²) in [6.45, 7) is 7.25. The minimum absolute atomic E-state index is 0.441. The zero-order valence-corrected chi connectivity index (χ0v) is 11.3. The number of rotatable bonds is 7. The van der Waals surface area contributed by atoms with Crippen LogP contribution < -0.4 is 10.2 Å². The van der Waals surface area contributed by atoms with Gasteiger partial charge in [-0.1, -0.05) is 18.2 Å². The summed E-state index contributed by atoms with van der Waals surface area (Å²) >= 11 is 0. The number of nitrogens with zero attached hydrogens (tertiary/aromatic N) is 1. The van der Waals surface area contributed by atoms with Crippen molar-refractivity contribution in [1.82, 2.24) is 5.32 Å². The van der Waals surface area contributed by atoms with E-state index >= 15 is 0 Å². The first-order valence-corrected chi connectivity index (χ1v) is 7.02. The van der Waals surface area contributed by atoms with Crippen molar-refractivity contribution < 1.29 is 4.74 Å². The van der Waals surface area contributed by atoms with E-state index in [2.05, 4.69) is 47.5 Å². The lowest BCUT2D eigenvalue weighted by Gasteiger charge is -2.23. The van der Waals surface area contributed by atoms with Crippen LogP contribution in [0.1, 0.15) is 19.8 Å². The van der Waals surface area contributed by atoms with Crippen molar-refractivity contribution in [3.63, 3.8) is 0 Å². The molecule has 0 amide bonds. The maximum Gasteiger partial charge on any atom is 0.0700 e. The molecule has 1 saturated heterocycles. The van der Waals surface area contributed by atoms with Gasteiger partial charge in [0.1, 0.15) is 0 Å². The van der Waals surface area contributed by atoms with Crippen molar-refractivity contribution in [3.8, 4) is 0 Å². The Morgan fingerprint density at radius 2 is 2.17 bits per heavy atom. The number of ether oxygens (including phenoxy) is 1. The summed E-state index contributed by atoms with van der Waals surface area (Å²) in [5.41, 5.74) is 1.30. The van der Waals surface area contributed by atoms with E-state index in [1.807, 2.05) is 0 Å². The molecule has 100 valence electrons. The van der Waals surface area contributed by atoms with E-state index in [1.165, 1.54) is 18.5 Å². The van der Waals surface area contributed by atoms with Crippen molar-refractivity contribution >= 4 is 5.69 Å². The maximum atomic E-state index is 5.59. The van der Waals surface area contributed by atoms with Crippen molar-refractivity contribution in [2.75, 3.05) is 37.7 Å². The van der Waals surface area contributed by atoms with Crippen LogP contribution in [0.5, 0.6) is 0 Å². The molecule has 0 aromatic heterocycles. The second kappa shape index (κ2) is 7.39. The molecule has 0 saturated carbocycles. The molecule has 1 unspecified atom stereocenters. The van der Waals surface area contributed by atoms with E-state index in [-0.39, 0.29) is 0 Å². The first kappa shape index (κ1) is 13.4. The van der Waals surface area contributed by atoms with Gasteiger partial charge in [0.15, 0.2) is 0 Å². The van der Waals surface area contributed by atoms with E-state index in [4.69, 9.17) is 4.74 Å². The van der Waals surface area contributed by atoms with Gasteiger partial charge in [-0.25, -0.2) is 0 Å². The van der Waals surface area contributed by atoms with Crippen LogP contribution in [-0.4, -0.2) is 38.9 Å². The number of benzene rings is 1. The average molecular weight is 248 g/mol. The Labute approximate surface area is 110 Å². The van der Waals surface area contributed by atoms with Crippen LogP contribution >= 0.6 is 0 Å². The van der Waals surface area contributed by atoms with Gasteiger partial charge in [0.25, 0.3) is 0 Å². The van der Waals surface area contributed by atoms with E-state index in [1.54, 1.807) is 0 Å². The number of anilines is 1. The van der Waals surface area contributed by atoms with Crippen molar-refractivity contribution in [1.29, 1.82) is 0 Å². The number of nitrogens with one attached hydrogen (secondary N) is 1. The molecule has 1 fully saturated rings. The Morgan fingerprint density at radius 1 is 1.33 bits per heavy atom. The van der Waals surface area contributed by atoms with Gasteiger partial charge in [0, 0.05) is 38.5 Å². The zero-order valence-electron chi connectivity index (χ0n) is 11.3. The van der Waals surface area contributed by atoms with Crippen LogP contribution in [0.4, 0.5) is 5.69 Å². The molecule has 1 aromatic rings. The van der Waals surface area contributed by atoms with Gasteiger partial charge < -0.3 is 15.0 Å². The summed E-state index contributed by atoms with van der Waals surface area (Å²) < 4.78 is 5.59. The SMILES string of the molecule is CCN(CCNCC1CCCO1)c1ccccc1. The summed E-state index contributed by atoms with van der Waals surface area (Å²) in [5, 5.41) is 3.50. The third-order valence-corrected chi connectivity index (χ3v) is 3.46. The summed E-state index contributed by atoms with van der Waals surface area (Å²) in [4.78, 5) is 2.39. The van der Waals surface area contributed by atoms with Gasteiger partial charge in [-0.2, -0.15) is 0 Å². The van der Waals surface area contributed by atoms with Crippen LogP contribution in [0, 0.1) is 0 Å². The highest BCUT2D eigenvalue weighted by atomic mass is 16.5. The average Bonchev–Trinajstić information content (AvgIpc) is 2.93. The molecule has 3 heteroatoms. The predicted octanol–water partition coefficient (Wildman–Crippen LogP) is 2.28. The third-order valence-electron chi connectivity index (χ3n) is 3.46. The molecule has 1 heterocycles. The molecular weight excluding hydrogens is 224 g/mol. The molecule has 1 aliphatic heterocycles. The fraction of sp³-hybridized carbons (Fsp3) is 0.600. The van der Waals surface area contributed by atoms with Crippen LogP contribution in [0.3, 0.4) is 0 Å². The molecule has 1 aromatic carbocycles. The summed E-state index contributed by atoms with van der Waals surface area (Å²) in [6, 6.07) is 10.6. The molecule has 1 aliphatic rings. The van der Waals surface area contributed by atoms with E-state index in [9.17, 15) is 0 Å². The number of likely N-dealkylation sites (N-methyl/N-ethyl adjacent to an activating group) is 1. The molecule has 0 aliphatic carbocycles. The topological polar surface area (TPSA) is 24.5 Å². The second-order valence-electron chi connectivity index (χ2n) is 4.75. The molecule has 0 bridgehead atoms. The number of hydrogen-bond donors (Lipinski definition) is 1. The molecule has 18 heavy (non-hydrogen) atoms. The first-order chi connectivity index (χ1) is 8.90. The summed E-state index contributed by atoms with van der Waals surface area (Å²) in [7, 11) is 0. The summed E-state index contributed by atoms with van der Waals surface area (Å²) in [5.74, 6) is 0. The first-order valence-electron chi connectivity index (χ1n) is 7.02. The monoisotopic (exact) mass is 248 g/mol. The highest BCUT2D eigenvalue weighted by Gasteiger charge is 2.14. The van der Waals surface area contributed by atoms with E-state index < -0.39 is 0 Å². The fourth-order valence-electron chi connectivity index (χ4n) is 2.39. The third kappa shape index (κ3) is 4.00. The van der Waals surface area contributed by atoms with Crippen LogP contribution in [0.15, 0.2) is 30.3 Å². The van der Waals surface area contributed by atoms with E-state index in [0.29, 0.717) is 6.10 Å². The standard InChI is InChI=1S/C15H24N2O/c1-2-17(14-7-4-3-5-8-14)11-10-16-13-15-9-6-12-18-15/h3-5,7-8,15-16H,2,6,9-13H2,1H3. The van der Waals surface area contributed by atoms with Crippen LogP contribution in [0.2, 0.25) is 0 Å². The van der Waals surface area contributed by atoms with Gasteiger partial charge in [-0.3, -0.25) is 0 Å². The van der Waals surface area contributed by atoms with Crippen LogP contribution in [0.25, 0.3) is 0 Å². The lowest BCUT2D eigenvalue weighted by Crippen LogP contribution is -2.35. The Hall–Kier alpha value is -1.06. The molecule has 1 atom stereocenters. The molecule has 0 radical (unpaired) electrons. The highest BCUT2D eigenvalue weighted by molar-refractivity contribution is 5.45. The lowest BCUT2D eigenvalue weighted by molar-refractivity contribution is 0.110.